The Bertz CT molecular complexity index is 915. The maximum atomic E-state index is 12.9. The molecule has 1 aromatic rings. The van der Waals surface area contributed by atoms with Crippen LogP contribution < -0.4 is 5.32 Å². The van der Waals surface area contributed by atoms with Crippen molar-refractivity contribution in [3.05, 3.63) is 53.1 Å². The number of amidine groups is 1. The van der Waals surface area contributed by atoms with E-state index in [1.807, 2.05) is 36.4 Å². The van der Waals surface area contributed by atoms with Crippen molar-refractivity contribution in [2.45, 2.75) is 38.5 Å². The Kier molecular flexibility index (Phi) is 7.16. The summed E-state index contributed by atoms with van der Waals surface area (Å²) in [4.78, 5) is 20.0. The average Bonchev–Trinajstić information content (AvgIpc) is 2.85. The van der Waals surface area contributed by atoms with Crippen LogP contribution in [0.15, 0.2) is 52.5 Å². The van der Waals surface area contributed by atoms with Gasteiger partial charge >= 0.3 is 5.97 Å². The van der Waals surface area contributed by atoms with Gasteiger partial charge < -0.3 is 15.0 Å². The molecule has 0 aromatic heterocycles. The van der Waals surface area contributed by atoms with E-state index in [0.29, 0.717) is 24.5 Å². The van der Waals surface area contributed by atoms with E-state index in [-0.39, 0.29) is 5.57 Å². The molecule has 1 saturated carbocycles. The molecule has 1 aromatic carbocycles. The third-order valence-electron chi connectivity index (χ3n) is 6.27. The number of hydrogen-bond donors (Lipinski definition) is 1. The molecule has 1 saturated heterocycles. The molecule has 0 bridgehead atoms. The van der Waals surface area contributed by atoms with Crippen LogP contribution >= 0.6 is 0 Å². The minimum atomic E-state index is -0.512. The van der Waals surface area contributed by atoms with Crippen molar-refractivity contribution in [1.29, 1.82) is 5.26 Å². The van der Waals surface area contributed by atoms with Crippen LogP contribution in [0.4, 0.5) is 0 Å². The Morgan fingerprint density at radius 2 is 1.90 bits per heavy atom. The van der Waals surface area contributed by atoms with Crippen LogP contribution in [0.25, 0.3) is 5.70 Å². The molecule has 162 valence electrons. The summed E-state index contributed by atoms with van der Waals surface area (Å²) in [7, 11) is 0. The first-order valence-corrected chi connectivity index (χ1v) is 11.4. The minimum absolute atomic E-state index is 0.0939. The second kappa shape index (κ2) is 10.4. The SMILES string of the molecule is N#C/C(C(=O)OCC1CCCCC1)=C1/CC=C(c2ccccc2)N=C1N1CCNCC1. The van der Waals surface area contributed by atoms with E-state index < -0.39 is 5.97 Å². The summed E-state index contributed by atoms with van der Waals surface area (Å²) in [5.41, 5.74) is 2.69. The molecule has 0 spiro atoms. The van der Waals surface area contributed by atoms with Crippen LogP contribution in [0.1, 0.15) is 44.1 Å². The van der Waals surface area contributed by atoms with E-state index in [1.54, 1.807) is 0 Å². The fraction of sp³-hybridized carbons (Fsp3) is 0.480. The lowest BCUT2D eigenvalue weighted by Crippen LogP contribution is -2.47. The van der Waals surface area contributed by atoms with Crippen LogP contribution in [0, 0.1) is 17.2 Å². The Morgan fingerprint density at radius 1 is 1.16 bits per heavy atom. The average molecular weight is 419 g/mol. The normalized spacial score (nSPS) is 21.6. The number of esters is 1. The number of ether oxygens (including phenoxy) is 1. The van der Waals surface area contributed by atoms with Gasteiger partial charge in [0.25, 0.3) is 0 Å². The van der Waals surface area contributed by atoms with Crippen molar-refractivity contribution >= 4 is 17.5 Å². The van der Waals surface area contributed by atoms with Gasteiger partial charge in [0.1, 0.15) is 17.5 Å². The molecule has 2 heterocycles. The Morgan fingerprint density at radius 3 is 2.61 bits per heavy atom. The highest BCUT2D eigenvalue weighted by Gasteiger charge is 2.28. The quantitative estimate of drug-likeness (QED) is 0.459. The lowest BCUT2D eigenvalue weighted by atomic mass is 9.90. The number of nitrogens with one attached hydrogen (secondary N) is 1. The molecule has 4 rings (SSSR count). The zero-order chi connectivity index (χ0) is 21.5. The molecule has 2 fully saturated rings. The van der Waals surface area contributed by atoms with E-state index in [9.17, 15) is 10.1 Å². The maximum Gasteiger partial charge on any atom is 0.349 e. The van der Waals surface area contributed by atoms with Gasteiger partial charge in [-0.25, -0.2) is 9.79 Å². The van der Waals surface area contributed by atoms with Crippen molar-refractivity contribution in [2.75, 3.05) is 32.8 Å². The van der Waals surface area contributed by atoms with Gasteiger partial charge in [-0.1, -0.05) is 55.7 Å². The molecule has 6 nitrogen and oxygen atoms in total. The van der Waals surface area contributed by atoms with Gasteiger partial charge in [-0.3, -0.25) is 0 Å². The molecular formula is C25H30N4O2. The van der Waals surface area contributed by atoms with E-state index in [0.717, 1.165) is 56.1 Å². The molecule has 6 heteroatoms. The fourth-order valence-electron chi connectivity index (χ4n) is 4.52. The van der Waals surface area contributed by atoms with Crippen molar-refractivity contribution < 1.29 is 9.53 Å². The third-order valence-corrected chi connectivity index (χ3v) is 6.27. The number of benzene rings is 1. The second-order valence-electron chi connectivity index (χ2n) is 8.40. The minimum Gasteiger partial charge on any atom is -0.461 e. The Labute approximate surface area is 184 Å². The largest absolute Gasteiger partial charge is 0.461 e. The van der Waals surface area contributed by atoms with Gasteiger partial charge in [0.15, 0.2) is 0 Å². The van der Waals surface area contributed by atoms with Crippen LogP contribution in [-0.2, 0) is 9.53 Å². The van der Waals surface area contributed by atoms with E-state index in [1.165, 1.54) is 19.3 Å². The Hall–Kier alpha value is -2.91. The lowest BCUT2D eigenvalue weighted by Gasteiger charge is -2.33. The summed E-state index contributed by atoms with van der Waals surface area (Å²) in [6.45, 7) is 3.69. The van der Waals surface area contributed by atoms with Gasteiger partial charge in [-0.2, -0.15) is 5.26 Å². The predicted octanol–water partition coefficient (Wildman–Crippen LogP) is 3.68. The van der Waals surface area contributed by atoms with Gasteiger partial charge in [0.2, 0.25) is 0 Å². The first kappa shape index (κ1) is 21.3. The van der Waals surface area contributed by atoms with Crippen molar-refractivity contribution in [2.24, 2.45) is 10.9 Å². The Balaban J connectivity index is 1.59. The van der Waals surface area contributed by atoms with Crippen LogP contribution in [0.2, 0.25) is 0 Å². The summed E-state index contributed by atoms with van der Waals surface area (Å²) in [5.74, 6) is 0.636. The highest BCUT2D eigenvalue weighted by molar-refractivity contribution is 6.10. The molecule has 3 aliphatic rings. The first-order valence-electron chi connectivity index (χ1n) is 11.4. The molecule has 31 heavy (non-hydrogen) atoms. The second-order valence-corrected chi connectivity index (χ2v) is 8.40. The smallest absolute Gasteiger partial charge is 0.349 e. The molecule has 0 radical (unpaired) electrons. The monoisotopic (exact) mass is 418 g/mol. The molecule has 1 N–H and O–H groups in total. The zero-order valence-corrected chi connectivity index (χ0v) is 18.0. The summed E-state index contributed by atoms with van der Waals surface area (Å²) in [6.07, 6.45) is 8.35. The van der Waals surface area contributed by atoms with E-state index in [2.05, 4.69) is 16.3 Å². The number of nitriles is 1. The number of aliphatic imine (C=N–C) groups is 1. The number of carbonyl (C=O) groups is 1. The maximum absolute atomic E-state index is 12.9. The molecule has 2 aliphatic heterocycles. The van der Waals surface area contributed by atoms with Gasteiger partial charge in [-0.05, 0) is 30.7 Å². The summed E-state index contributed by atoms with van der Waals surface area (Å²) >= 11 is 0. The number of carbonyl (C=O) groups excluding carboxylic acids is 1. The topological polar surface area (TPSA) is 77.7 Å². The van der Waals surface area contributed by atoms with Gasteiger partial charge in [-0.15, -0.1) is 0 Å². The standard InChI is InChI=1S/C25H30N4O2/c26-17-22(25(30)31-18-19-7-3-1-4-8-19)21-11-12-23(20-9-5-2-6-10-20)28-24(21)29-15-13-27-14-16-29/h2,5-6,9-10,12,19,27H,1,3-4,7-8,11,13-16,18H2/b22-21+. The number of allylic oxidation sites excluding steroid dienone is 1. The lowest BCUT2D eigenvalue weighted by molar-refractivity contribution is -0.140. The zero-order valence-electron chi connectivity index (χ0n) is 18.0. The molecule has 0 unspecified atom stereocenters. The number of rotatable bonds is 4. The first-order chi connectivity index (χ1) is 15.3. The highest BCUT2D eigenvalue weighted by atomic mass is 16.5. The third kappa shape index (κ3) is 5.23. The molecule has 1 aliphatic carbocycles. The molecule has 0 amide bonds. The van der Waals surface area contributed by atoms with Crippen LogP contribution in [0.5, 0.6) is 0 Å². The van der Waals surface area contributed by atoms with Crippen LogP contribution in [0.3, 0.4) is 0 Å². The highest BCUT2D eigenvalue weighted by Crippen LogP contribution is 2.29. The molecular weight excluding hydrogens is 388 g/mol. The van der Waals surface area contributed by atoms with Crippen molar-refractivity contribution in [1.82, 2.24) is 10.2 Å². The summed E-state index contributed by atoms with van der Waals surface area (Å²) in [5, 5.41) is 13.2. The summed E-state index contributed by atoms with van der Waals surface area (Å²) in [6, 6.07) is 12.2. The van der Waals surface area contributed by atoms with Gasteiger partial charge in [0.05, 0.1) is 12.3 Å². The molecule has 0 atom stereocenters. The fourth-order valence-corrected chi connectivity index (χ4v) is 4.52. The van der Waals surface area contributed by atoms with Crippen LogP contribution in [-0.4, -0.2) is 49.5 Å². The summed E-state index contributed by atoms with van der Waals surface area (Å²) < 4.78 is 5.61. The number of piperazine rings is 1. The number of nitrogens with zero attached hydrogens (tertiary/aromatic N) is 3. The number of hydrogen-bond acceptors (Lipinski definition) is 6. The predicted molar refractivity (Wildman–Crippen MR) is 121 cm³/mol. The van der Waals surface area contributed by atoms with Gasteiger partial charge in [0, 0.05) is 31.8 Å². The van der Waals surface area contributed by atoms with Crippen molar-refractivity contribution in [3.8, 4) is 6.07 Å². The van der Waals surface area contributed by atoms with E-state index >= 15 is 0 Å². The van der Waals surface area contributed by atoms with E-state index in [4.69, 9.17) is 9.73 Å². The van der Waals surface area contributed by atoms with Crippen molar-refractivity contribution in [3.63, 3.8) is 0 Å².